The Labute approximate surface area is 83.8 Å². The summed E-state index contributed by atoms with van der Waals surface area (Å²) >= 11 is 0. The summed E-state index contributed by atoms with van der Waals surface area (Å²) in [6, 6.07) is 0. The third kappa shape index (κ3) is 8.82. The van der Waals surface area contributed by atoms with Crippen molar-refractivity contribution in [1.29, 1.82) is 0 Å². The van der Waals surface area contributed by atoms with Crippen LogP contribution in [0.1, 0.15) is 1.43 Å². The van der Waals surface area contributed by atoms with Crippen LogP contribution in [0.2, 0.25) is 0 Å². The molecule has 0 amide bonds. The maximum absolute atomic E-state index is 2.42. The van der Waals surface area contributed by atoms with Crippen LogP contribution < -0.4 is 51.4 Å². The van der Waals surface area contributed by atoms with Gasteiger partial charge in [0.2, 0.25) is 0 Å². The van der Waals surface area contributed by atoms with E-state index in [4.69, 9.17) is 0 Å². The monoisotopic (exact) mass is 147 g/mol. The minimum Gasteiger partial charge on any atom is -1.00 e. The molecule has 0 spiro atoms. The zero-order valence-electron chi connectivity index (χ0n) is 3.91. The Hall–Kier alpha value is 2.57. The standard InChI is InChI=1S/CH5P.Co.K.H/c1-2;;;/h2H2,1H3;;;/q;;+1;-1. The first-order valence-electron chi connectivity index (χ1n) is 0.577. The summed E-state index contributed by atoms with van der Waals surface area (Å²) in [6.45, 7) is 1.92. The van der Waals surface area contributed by atoms with Crippen molar-refractivity contribution in [2.24, 2.45) is 0 Å². The smallest absolute Gasteiger partial charge is 1.00 e. The first kappa shape index (κ1) is 16.0. The molecule has 0 aromatic heterocycles. The fourth-order valence-corrected chi connectivity index (χ4v) is 0. The van der Waals surface area contributed by atoms with E-state index in [1.165, 1.54) is 0 Å². The molecule has 0 fully saturated rings. The van der Waals surface area contributed by atoms with Crippen molar-refractivity contribution in [1.82, 2.24) is 0 Å². The summed E-state index contributed by atoms with van der Waals surface area (Å²) < 4.78 is 0. The molecule has 0 bridgehead atoms. The molecule has 1 unspecified atom stereocenters. The van der Waals surface area contributed by atoms with Gasteiger partial charge in [-0.3, -0.25) is 0 Å². The SMILES string of the molecule is CP.[Co].[H-].[K+]. The predicted molar refractivity (Wildman–Crippen MR) is 16.7 cm³/mol. The van der Waals surface area contributed by atoms with Crippen LogP contribution in [0.25, 0.3) is 0 Å². The van der Waals surface area contributed by atoms with E-state index in [-0.39, 0.29) is 69.6 Å². The Morgan fingerprint density at radius 3 is 1.50 bits per heavy atom. The number of hydrogen-bond acceptors (Lipinski definition) is 0. The molecule has 3 heteroatoms. The first-order chi connectivity index (χ1) is 1.00. The van der Waals surface area contributed by atoms with Gasteiger partial charge in [-0.05, 0) is 0 Å². The molecule has 0 nitrogen and oxygen atoms in total. The summed E-state index contributed by atoms with van der Waals surface area (Å²) in [5.41, 5.74) is 0. The molecule has 0 aliphatic rings. The second kappa shape index (κ2) is 17.6. The predicted octanol–water partition coefficient (Wildman–Crippen LogP) is -2.39. The summed E-state index contributed by atoms with van der Waals surface area (Å²) in [4.78, 5) is 0. The summed E-state index contributed by atoms with van der Waals surface area (Å²) in [7, 11) is 2.42. The zero-order valence-corrected chi connectivity index (χ0v) is 8.23. The van der Waals surface area contributed by atoms with E-state index in [9.17, 15) is 0 Å². The molecule has 0 rings (SSSR count). The topological polar surface area (TPSA) is 0 Å². The van der Waals surface area contributed by atoms with Crippen molar-refractivity contribution in [2.45, 2.75) is 0 Å². The van der Waals surface area contributed by atoms with Gasteiger partial charge in [-0.25, -0.2) is 0 Å². The Balaban J connectivity index is -0.00000000167. The molecule has 25 valence electrons. The third-order valence-corrected chi connectivity index (χ3v) is 0. The third-order valence-electron chi connectivity index (χ3n) is 0. The van der Waals surface area contributed by atoms with Crippen LogP contribution in [0.15, 0.2) is 0 Å². The summed E-state index contributed by atoms with van der Waals surface area (Å²) in [6.07, 6.45) is 0. The van der Waals surface area contributed by atoms with Crippen molar-refractivity contribution in [2.75, 3.05) is 6.66 Å². The van der Waals surface area contributed by atoms with Crippen LogP contribution in [0.4, 0.5) is 0 Å². The molecule has 0 heterocycles. The average molecular weight is 147 g/mol. The molecular weight excluding hydrogens is 141 g/mol. The van der Waals surface area contributed by atoms with Crippen LogP contribution in [-0.2, 0) is 16.8 Å². The minimum absolute atomic E-state index is 0. The molecule has 0 saturated carbocycles. The van der Waals surface area contributed by atoms with Crippen LogP contribution in [-0.4, -0.2) is 6.66 Å². The molecule has 0 aromatic rings. The van der Waals surface area contributed by atoms with E-state index in [0.29, 0.717) is 0 Å². The van der Waals surface area contributed by atoms with Crippen molar-refractivity contribution < 1.29 is 69.6 Å². The maximum atomic E-state index is 2.42. The maximum Gasteiger partial charge on any atom is 1.00 e. The molecule has 0 saturated heterocycles. The number of hydrogen-bond donors (Lipinski definition) is 0. The van der Waals surface area contributed by atoms with Crippen molar-refractivity contribution >= 4 is 9.24 Å². The Morgan fingerprint density at radius 1 is 1.50 bits per heavy atom. The van der Waals surface area contributed by atoms with Gasteiger partial charge in [0.05, 0.1) is 0 Å². The molecule has 0 aromatic carbocycles. The molecular formula is CH6CoKP. The molecule has 4 heavy (non-hydrogen) atoms. The van der Waals surface area contributed by atoms with Crippen LogP contribution in [0, 0.1) is 0 Å². The van der Waals surface area contributed by atoms with E-state index in [2.05, 4.69) is 9.24 Å². The van der Waals surface area contributed by atoms with E-state index in [0.717, 1.165) is 0 Å². The Morgan fingerprint density at radius 2 is 1.50 bits per heavy atom. The van der Waals surface area contributed by atoms with Gasteiger partial charge in [0.15, 0.2) is 0 Å². The largest absolute Gasteiger partial charge is 1.00 e. The Bertz CT molecular complexity index is 11.6. The molecule has 0 N–H and O–H groups in total. The first-order valence-corrected chi connectivity index (χ1v) is 1.73. The fourth-order valence-electron chi connectivity index (χ4n) is 0. The van der Waals surface area contributed by atoms with E-state index in [1.807, 2.05) is 6.66 Å². The average Bonchev–Trinajstić information content (AvgIpc) is 1.00. The van der Waals surface area contributed by atoms with Gasteiger partial charge in [0.1, 0.15) is 0 Å². The molecule has 1 atom stereocenters. The second-order valence-corrected chi connectivity index (χ2v) is 0. The fraction of sp³-hybridized carbons (Fsp3) is 1.00. The van der Waals surface area contributed by atoms with Crippen LogP contribution in [0.5, 0.6) is 0 Å². The zero-order chi connectivity index (χ0) is 2.00. The van der Waals surface area contributed by atoms with Crippen molar-refractivity contribution in [3.63, 3.8) is 0 Å². The van der Waals surface area contributed by atoms with Gasteiger partial charge < -0.3 is 1.43 Å². The number of rotatable bonds is 0. The normalized spacial score (nSPS) is 1.50. The van der Waals surface area contributed by atoms with Gasteiger partial charge in [-0.1, -0.05) is 6.66 Å². The van der Waals surface area contributed by atoms with Gasteiger partial charge in [0.25, 0.3) is 0 Å². The Kier molecular flexibility index (Phi) is 70.4. The second-order valence-electron chi connectivity index (χ2n) is 0. The van der Waals surface area contributed by atoms with E-state index in [1.54, 1.807) is 0 Å². The van der Waals surface area contributed by atoms with Gasteiger partial charge >= 0.3 is 51.4 Å². The van der Waals surface area contributed by atoms with Gasteiger partial charge in [0, 0.05) is 16.8 Å². The van der Waals surface area contributed by atoms with Gasteiger partial charge in [-0.2, -0.15) is 0 Å². The van der Waals surface area contributed by atoms with Crippen LogP contribution >= 0.6 is 9.24 Å². The molecule has 0 aliphatic carbocycles. The van der Waals surface area contributed by atoms with Crippen LogP contribution in [0.3, 0.4) is 0 Å². The quantitative estimate of drug-likeness (QED) is 0.265. The van der Waals surface area contributed by atoms with E-state index >= 15 is 0 Å². The summed E-state index contributed by atoms with van der Waals surface area (Å²) in [5, 5.41) is 0. The van der Waals surface area contributed by atoms with Crippen molar-refractivity contribution in [3.8, 4) is 0 Å². The minimum atomic E-state index is 0. The van der Waals surface area contributed by atoms with Crippen molar-refractivity contribution in [3.05, 3.63) is 0 Å². The summed E-state index contributed by atoms with van der Waals surface area (Å²) in [5.74, 6) is 0. The molecule has 1 radical (unpaired) electrons. The molecule has 0 aliphatic heterocycles. The van der Waals surface area contributed by atoms with Gasteiger partial charge in [-0.15, -0.1) is 9.24 Å². The van der Waals surface area contributed by atoms with E-state index < -0.39 is 0 Å².